The molecule has 1 aliphatic heterocycles. The van der Waals surface area contributed by atoms with Crippen LogP contribution >= 0.6 is 0 Å². The summed E-state index contributed by atoms with van der Waals surface area (Å²) in [5, 5.41) is 3.46. The molecule has 0 amide bonds. The molecule has 1 saturated heterocycles. The second-order valence-electron chi connectivity index (χ2n) is 5.94. The Labute approximate surface area is 123 Å². The molecule has 1 N–H and O–H groups in total. The molecule has 0 aromatic heterocycles. The number of nitrogens with zero attached hydrogens (tertiary/aromatic N) is 1. The summed E-state index contributed by atoms with van der Waals surface area (Å²) in [6.07, 6.45) is 4.83. The smallest absolute Gasteiger partial charge is 0.0107 e. The van der Waals surface area contributed by atoms with Crippen molar-refractivity contribution in [1.82, 2.24) is 10.2 Å². The fourth-order valence-corrected chi connectivity index (χ4v) is 2.95. The van der Waals surface area contributed by atoms with E-state index in [1.807, 2.05) is 0 Å². The largest absolute Gasteiger partial charge is 0.315 e. The Kier molecular flexibility index (Phi) is 5.81. The Morgan fingerprint density at radius 2 is 2.10 bits per heavy atom. The number of aryl methyl sites for hydroxylation is 2. The van der Waals surface area contributed by atoms with Crippen LogP contribution < -0.4 is 5.32 Å². The summed E-state index contributed by atoms with van der Waals surface area (Å²) in [6.45, 7) is 12.5. The molecule has 1 heterocycles. The number of rotatable bonds is 4. The van der Waals surface area contributed by atoms with Crippen LogP contribution in [0.3, 0.4) is 0 Å². The Morgan fingerprint density at radius 1 is 1.25 bits per heavy atom. The lowest BCUT2D eigenvalue weighted by atomic mass is 9.99. The summed E-state index contributed by atoms with van der Waals surface area (Å²) in [5.74, 6) is 0. The molecule has 2 nitrogen and oxygen atoms in total. The molecule has 0 spiro atoms. The molecule has 110 valence electrons. The van der Waals surface area contributed by atoms with Crippen molar-refractivity contribution in [3.8, 4) is 0 Å². The van der Waals surface area contributed by atoms with E-state index in [9.17, 15) is 0 Å². The SMILES string of the molecule is C/C(=C\CCN1CCCNCC1)c1ccc(C)cc1C. The lowest BCUT2D eigenvalue weighted by molar-refractivity contribution is 0.298. The van der Waals surface area contributed by atoms with Gasteiger partial charge in [0.15, 0.2) is 0 Å². The van der Waals surface area contributed by atoms with E-state index in [2.05, 4.69) is 55.3 Å². The predicted octanol–water partition coefficient (Wildman–Crippen LogP) is 3.39. The third-order valence-corrected chi connectivity index (χ3v) is 4.14. The molecule has 2 heteroatoms. The number of hydrogen-bond acceptors (Lipinski definition) is 2. The maximum atomic E-state index is 3.46. The highest BCUT2D eigenvalue weighted by Gasteiger charge is 2.07. The van der Waals surface area contributed by atoms with Crippen LogP contribution in [0.5, 0.6) is 0 Å². The first kappa shape index (κ1) is 15.3. The van der Waals surface area contributed by atoms with E-state index in [1.165, 1.54) is 54.9 Å². The van der Waals surface area contributed by atoms with Gasteiger partial charge in [-0.25, -0.2) is 0 Å². The average Bonchev–Trinajstić information content (AvgIpc) is 2.67. The van der Waals surface area contributed by atoms with E-state index in [0.29, 0.717) is 0 Å². The third-order valence-electron chi connectivity index (χ3n) is 4.14. The number of benzene rings is 1. The molecule has 0 bridgehead atoms. The van der Waals surface area contributed by atoms with E-state index < -0.39 is 0 Å². The summed E-state index contributed by atoms with van der Waals surface area (Å²) >= 11 is 0. The quantitative estimate of drug-likeness (QED) is 0.904. The molecule has 0 saturated carbocycles. The average molecular weight is 272 g/mol. The van der Waals surface area contributed by atoms with Gasteiger partial charge >= 0.3 is 0 Å². The fraction of sp³-hybridized carbons (Fsp3) is 0.556. The summed E-state index contributed by atoms with van der Waals surface area (Å²) in [6, 6.07) is 6.74. The number of hydrogen-bond donors (Lipinski definition) is 1. The highest BCUT2D eigenvalue weighted by molar-refractivity contribution is 5.66. The Bertz CT molecular complexity index is 454. The van der Waals surface area contributed by atoms with Crippen LogP contribution in [-0.2, 0) is 0 Å². The Balaban J connectivity index is 1.89. The van der Waals surface area contributed by atoms with Crippen LogP contribution in [0.1, 0.15) is 36.5 Å². The predicted molar refractivity (Wildman–Crippen MR) is 88.1 cm³/mol. The lowest BCUT2D eigenvalue weighted by Gasteiger charge is -2.18. The third kappa shape index (κ3) is 4.46. The summed E-state index contributed by atoms with van der Waals surface area (Å²) < 4.78 is 0. The summed E-state index contributed by atoms with van der Waals surface area (Å²) in [4.78, 5) is 2.58. The van der Waals surface area contributed by atoms with E-state index >= 15 is 0 Å². The van der Waals surface area contributed by atoms with Gasteiger partial charge in [-0.2, -0.15) is 0 Å². The minimum absolute atomic E-state index is 1.14. The Hall–Kier alpha value is -1.12. The zero-order valence-corrected chi connectivity index (χ0v) is 13.2. The molecular formula is C18H28N2. The van der Waals surface area contributed by atoms with Gasteiger partial charge in [-0.3, -0.25) is 0 Å². The second-order valence-corrected chi connectivity index (χ2v) is 5.94. The van der Waals surface area contributed by atoms with Crippen molar-refractivity contribution >= 4 is 5.57 Å². The summed E-state index contributed by atoms with van der Waals surface area (Å²) in [5.41, 5.74) is 5.54. The van der Waals surface area contributed by atoms with Crippen LogP contribution in [0.4, 0.5) is 0 Å². The van der Waals surface area contributed by atoms with Gasteiger partial charge in [-0.05, 0) is 63.4 Å². The van der Waals surface area contributed by atoms with Crippen molar-refractivity contribution in [2.45, 2.75) is 33.6 Å². The maximum Gasteiger partial charge on any atom is 0.0107 e. The molecule has 1 fully saturated rings. The lowest BCUT2D eigenvalue weighted by Crippen LogP contribution is -2.28. The molecule has 0 radical (unpaired) electrons. The molecule has 1 aromatic rings. The van der Waals surface area contributed by atoms with Crippen molar-refractivity contribution in [3.05, 3.63) is 41.0 Å². The van der Waals surface area contributed by atoms with E-state index in [4.69, 9.17) is 0 Å². The van der Waals surface area contributed by atoms with Crippen LogP contribution in [-0.4, -0.2) is 37.6 Å². The van der Waals surface area contributed by atoms with Gasteiger partial charge in [0.1, 0.15) is 0 Å². The van der Waals surface area contributed by atoms with E-state index in [1.54, 1.807) is 0 Å². The highest BCUT2D eigenvalue weighted by atomic mass is 15.1. The van der Waals surface area contributed by atoms with Gasteiger partial charge in [-0.15, -0.1) is 0 Å². The molecule has 1 aromatic carbocycles. The number of allylic oxidation sites excluding steroid dienone is 1. The highest BCUT2D eigenvalue weighted by Crippen LogP contribution is 2.20. The minimum atomic E-state index is 1.14. The van der Waals surface area contributed by atoms with Gasteiger partial charge in [0.25, 0.3) is 0 Å². The minimum Gasteiger partial charge on any atom is -0.315 e. The molecule has 1 aliphatic rings. The van der Waals surface area contributed by atoms with Crippen molar-refractivity contribution in [2.75, 3.05) is 32.7 Å². The summed E-state index contributed by atoms with van der Waals surface area (Å²) in [7, 11) is 0. The fourth-order valence-electron chi connectivity index (χ4n) is 2.95. The van der Waals surface area contributed by atoms with Crippen molar-refractivity contribution in [1.29, 1.82) is 0 Å². The van der Waals surface area contributed by atoms with Crippen LogP contribution in [0.25, 0.3) is 5.57 Å². The Morgan fingerprint density at radius 3 is 2.90 bits per heavy atom. The monoisotopic (exact) mass is 272 g/mol. The van der Waals surface area contributed by atoms with E-state index in [-0.39, 0.29) is 0 Å². The standard InChI is InChI=1S/C18H28N2/c1-15-7-8-18(17(3)14-15)16(2)6-4-11-20-12-5-9-19-10-13-20/h6-8,14,19H,4-5,9-13H2,1-3H3/b16-6+. The van der Waals surface area contributed by atoms with Gasteiger partial charge in [0.05, 0.1) is 0 Å². The molecule has 2 rings (SSSR count). The topological polar surface area (TPSA) is 15.3 Å². The zero-order chi connectivity index (χ0) is 14.4. The van der Waals surface area contributed by atoms with Crippen LogP contribution in [0.15, 0.2) is 24.3 Å². The second kappa shape index (κ2) is 7.61. The molecule has 20 heavy (non-hydrogen) atoms. The normalized spacial score (nSPS) is 18.1. The first-order valence-corrected chi connectivity index (χ1v) is 7.84. The first-order valence-electron chi connectivity index (χ1n) is 7.84. The maximum absolute atomic E-state index is 3.46. The van der Waals surface area contributed by atoms with Gasteiger partial charge in [-0.1, -0.05) is 29.8 Å². The van der Waals surface area contributed by atoms with Crippen LogP contribution in [0.2, 0.25) is 0 Å². The number of nitrogens with one attached hydrogen (secondary N) is 1. The van der Waals surface area contributed by atoms with Crippen molar-refractivity contribution in [2.24, 2.45) is 0 Å². The molecule has 0 atom stereocenters. The first-order chi connectivity index (χ1) is 9.66. The van der Waals surface area contributed by atoms with Gasteiger partial charge in [0.2, 0.25) is 0 Å². The zero-order valence-electron chi connectivity index (χ0n) is 13.2. The van der Waals surface area contributed by atoms with Crippen LogP contribution in [0, 0.1) is 13.8 Å². The van der Waals surface area contributed by atoms with Gasteiger partial charge in [0, 0.05) is 19.6 Å². The van der Waals surface area contributed by atoms with Crippen molar-refractivity contribution < 1.29 is 0 Å². The molecule has 0 unspecified atom stereocenters. The molecular weight excluding hydrogens is 244 g/mol. The van der Waals surface area contributed by atoms with E-state index in [0.717, 1.165) is 13.0 Å². The molecule has 0 aliphatic carbocycles. The van der Waals surface area contributed by atoms with Crippen molar-refractivity contribution in [3.63, 3.8) is 0 Å². The van der Waals surface area contributed by atoms with Gasteiger partial charge < -0.3 is 10.2 Å².